The summed E-state index contributed by atoms with van der Waals surface area (Å²) >= 11 is 0. The Morgan fingerprint density at radius 3 is 2.29 bits per heavy atom. The molecule has 0 aromatic carbocycles. The standard InChI is InChI=1S/C13H24N2O2/c1-11(17-2)13(16)15-9-5-12(6-10-15)14-7-3-4-8-14/h11-12H,3-10H2,1-2H3. The number of methoxy groups -OCH3 is 1. The largest absolute Gasteiger partial charge is 0.372 e. The highest BCUT2D eigenvalue weighted by atomic mass is 16.5. The number of likely N-dealkylation sites (tertiary alicyclic amines) is 2. The maximum atomic E-state index is 11.9. The first-order valence-electron chi connectivity index (χ1n) is 6.78. The van der Waals surface area contributed by atoms with Crippen LogP contribution in [0.5, 0.6) is 0 Å². The molecule has 0 N–H and O–H groups in total. The van der Waals surface area contributed by atoms with Gasteiger partial charge in [0.15, 0.2) is 0 Å². The van der Waals surface area contributed by atoms with Crippen molar-refractivity contribution in [3.8, 4) is 0 Å². The van der Waals surface area contributed by atoms with Crippen molar-refractivity contribution in [2.75, 3.05) is 33.3 Å². The lowest BCUT2D eigenvalue weighted by molar-refractivity contribution is -0.142. The van der Waals surface area contributed by atoms with Gasteiger partial charge < -0.3 is 14.5 Å². The summed E-state index contributed by atoms with van der Waals surface area (Å²) in [6.45, 7) is 6.14. The molecule has 2 rings (SSSR count). The number of carbonyl (C=O) groups is 1. The Morgan fingerprint density at radius 2 is 1.76 bits per heavy atom. The molecule has 0 saturated carbocycles. The Bertz CT molecular complexity index is 256. The van der Waals surface area contributed by atoms with E-state index in [1.807, 2.05) is 11.8 Å². The molecule has 0 spiro atoms. The highest BCUT2D eigenvalue weighted by Crippen LogP contribution is 2.21. The zero-order valence-electron chi connectivity index (χ0n) is 11.0. The van der Waals surface area contributed by atoms with Crippen molar-refractivity contribution in [3.05, 3.63) is 0 Å². The lowest BCUT2D eigenvalue weighted by Gasteiger charge is -2.37. The molecule has 2 aliphatic rings. The van der Waals surface area contributed by atoms with Gasteiger partial charge in [-0.05, 0) is 45.7 Å². The monoisotopic (exact) mass is 240 g/mol. The lowest BCUT2D eigenvalue weighted by atomic mass is 10.0. The average Bonchev–Trinajstić information content (AvgIpc) is 2.91. The number of amides is 1. The molecule has 2 aliphatic heterocycles. The third-order valence-corrected chi connectivity index (χ3v) is 4.13. The molecule has 0 aromatic rings. The van der Waals surface area contributed by atoms with Gasteiger partial charge in [0.2, 0.25) is 0 Å². The first-order valence-corrected chi connectivity index (χ1v) is 6.78. The van der Waals surface area contributed by atoms with Crippen molar-refractivity contribution in [3.63, 3.8) is 0 Å². The Balaban J connectivity index is 1.79. The third kappa shape index (κ3) is 2.99. The molecule has 1 unspecified atom stereocenters. The molecule has 0 aliphatic carbocycles. The normalized spacial score (nSPS) is 25.2. The van der Waals surface area contributed by atoms with Crippen molar-refractivity contribution in [1.29, 1.82) is 0 Å². The number of hydrogen-bond acceptors (Lipinski definition) is 3. The van der Waals surface area contributed by atoms with Crippen molar-refractivity contribution in [1.82, 2.24) is 9.80 Å². The van der Waals surface area contributed by atoms with Gasteiger partial charge in [-0.15, -0.1) is 0 Å². The van der Waals surface area contributed by atoms with Gasteiger partial charge in [-0.3, -0.25) is 4.79 Å². The highest BCUT2D eigenvalue weighted by molar-refractivity contribution is 5.80. The molecule has 1 amide bonds. The molecule has 17 heavy (non-hydrogen) atoms. The van der Waals surface area contributed by atoms with Gasteiger partial charge in [0.1, 0.15) is 6.10 Å². The second-order valence-corrected chi connectivity index (χ2v) is 5.18. The van der Waals surface area contributed by atoms with Gasteiger partial charge in [0, 0.05) is 26.2 Å². The molecule has 0 bridgehead atoms. The summed E-state index contributed by atoms with van der Waals surface area (Å²) in [4.78, 5) is 16.5. The summed E-state index contributed by atoms with van der Waals surface area (Å²) in [6, 6.07) is 0.708. The molecule has 2 fully saturated rings. The second kappa shape index (κ2) is 5.83. The zero-order chi connectivity index (χ0) is 12.3. The van der Waals surface area contributed by atoms with Crippen LogP contribution in [0.1, 0.15) is 32.6 Å². The van der Waals surface area contributed by atoms with Crippen LogP contribution < -0.4 is 0 Å². The first kappa shape index (κ1) is 12.8. The predicted molar refractivity (Wildman–Crippen MR) is 66.9 cm³/mol. The van der Waals surface area contributed by atoms with Crippen LogP contribution in [0.25, 0.3) is 0 Å². The van der Waals surface area contributed by atoms with Gasteiger partial charge in [-0.2, -0.15) is 0 Å². The Labute approximate surface area is 104 Å². The van der Waals surface area contributed by atoms with E-state index in [0.29, 0.717) is 6.04 Å². The van der Waals surface area contributed by atoms with E-state index >= 15 is 0 Å². The van der Waals surface area contributed by atoms with Crippen LogP contribution in [0.15, 0.2) is 0 Å². The molecule has 4 nitrogen and oxygen atoms in total. The van der Waals surface area contributed by atoms with E-state index < -0.39 is 0 Å². The maximum absolute atomic E-state index is 11.9. The van der Waals surface area contributed by atoms with Gasteiger partial charge in [0.05, 0.1) is 0 Å². The lowest BCUT2D eigenvalue weighted by Crippen LogP contribution is -2.48. The van der Waals surface area contributed by atoms with Gasteiger partial charge >= 0.3 is 0 Å². The number of carbonyl (C=O) groups excluding carboxylic acids is 1. The molecule has 2 heterocycles. The number of nitrogens with zero attached hydrogens (tertiary/aromatic N) is 2. The summed E-state index contributed by atoms with van der Waals surface area (Å²) in [5.41, 5.74) is 0. The van der Waals surface area contributed by atoms with E-state index in [1.54, 1.807) is 7.11 Å². The third-order valence-electron chi connectivity index (χ3n) is 4.13. The van der Waals surface area contributed by atoms with Crippen LogP contribution in [-0.4, -0.2) is 61.1 Å². The fraction of sp³-hybridized carbons (Fsp3) is 0.923. The predicted octanol–water partition coefficient (Wildman–Crippen LogP) is 1.11. The van der Waals surface area contributed by atoms with E-state index in [2.05, 4.69) is 4.90 Å². The average molecular weight is 240 g/mol. The van der Waals surface area contributed by atoms with Crippen LogP contribution in [0.3, 0.4) is 0 Å². The minimum Gasteiger partial charge on any atom is -0.372 e. The molecular weight excluding hydrogens is 216 g/mol. The van der Waals surface area contributed by atoms with Gasteiger partial charge in [-0.25, -0.2) is 0 Å². The van der Waals surface area contributed by atoms with E-state index in [9.17, 15) is 4.79 Å². The summed E-state index contributed by atoms with van der Waals surface area (Å²) in [5.74, 6) is 0.146. The van der Waals surface area contributed by atoms with Crippen LogP contribution in [-0.2, 0) is 9.53 Å². The van der Waals surface area contributed by atoms with E-state index in [4.69, 9.17) is 4.74 Å². The molecule has 2 saturated heterocycles. The van der Waals surface area contributed by atoms with Crippen molar-refractivity contribution >= 4 is 5.91 Å². The Kier molecular flexibility index (Phi) is 4.40. The zero-order valence-corrected chi connectivity index (χ0v) is 11.0. The molecule has 4 heteroatoms. The number of piperidine rings is 1. The summed E-state index contributed by atoms with van der Waals surface area (Å²) in [7, 11) is 1.60. The fourth-order valence-electron chi connectivity index (χ4n) is 2.92. The van der Waals surface area contributed by atoms with Crippen LogP contribution >= 0.6 is 0 Å². The van der Waals surface area contributed by atoms with Crippen LogP contribution in [0, 0.1) is 0 Å². The van der Waals surface area contributed by atoms with Gasteiger partial charge in [-0.1, -0.05) is 0 Å². The van der Waals surface area contributed by atoms with E-state index in [-0.39, 0.29) is 12.0 Å². The van der Waals surface area contributed by atoms with E-state index in [1.165, 1.54) is 25.9 Å². The van der Waals surface area contributed by atoms with E-state index in [0.717, 1.165) is 25.9 Å². The number of ether oxygens (including phenoxy) is 1. The maximum Gasteiger partial charge on any atom is 0.251 e. The van der Waals surface area contributed by atoms with Crippen molar-refractivity contribution < 1.29 is 9.53 Å². The van der Waals surface area contributed by atoms with Crippen LogP contribution in [0.2, 0.25) is 0 Å². The van der Waals surface area contributed by atoms with Crippen molar-refractivity contribution in [2.24, 2.45) is 0 Å². The summed E-state index contributed by atoms with van der Waals surface area (Å²) < 4.78 is 5.09. The SMILES string of the molecule is COC(C)C(=O)N1CCC(N2CCCC2)CC1. The Hall–Kier alpha value is -0.610. The molecule has 0 radical (unpaired) electrons. The summed E-state index contributed by atoms with van der Waals surface area (Å²) in [6.07, 6.45) is 4.66. The molecule has 1 atom stereocenters. The van der Waals surface area contributed by atoms with Crippen LogP contribution in [0.4, 0.5) is 0 Å². The highest BCUT2D eigenvalue weighted by Gasteiger charge is 2.29. The fourth-order valence-corrected chi connectivity index (χ4v) is 2.92. The summed E-state index contributed by atoms with van der Waals surface area (Å²) in [5, 5.41) is 0. The number of hydrogen-bond donors (Lipinski definition) is 0. The second-order valence-electron chi connectivity index (χ2n) is 5.18. The minimum absolute atomic E-state index is 0.146. The molecule has 0 aromatic heterocycles. The molecule has 98 valence electrons. The number of rotatable bonds is 3. The quantitative estimate of drug-likeness (QED) is 0.741. The topological polar surface area (TPSA) is 32.8 Å². The van der Waals surface area contributed by atoms with Crippen molar-refractivity contribution in [2.45, 2.75) is 44.8 Å². The Morgan fingerprint density at radius 1 is 1.18 bits per heavy atom. The molecular formula is C13H24N2O2. The smallest absolute Gasteiger partial charge is 0.251 e. The van der Waals surface area contributed by atoms with Gasteiger partial charge in [0.25, 0.3) is 5.91 Å². The minimum atomic E-state index is -0.293. The first-order chi connectivity index (χ1) is 8.22.